The summed E-state index contributed by atoms with van der Waals surface area (Å²) in [5.41, 5.74) is 0.601. The van der Waals surface area contributed by atoms with Crippen LogP contribution in [0.3, 0.4) is 0 Å². The predicted molar refractivity (Wildman–Crippen MR) is 41.8 cm³/mol. The summed E-state index contributed by atoms with van der Waals surface area (Å²) in [5, 5.41) is 16.9. The molecule has 0 saturated heterocycles. The summed E-state index contributed by atoms with van der Waals surface area (Å²) in [6, 6.07) is 9.72. The largest absolute Gasteiger partial charge is 0.350 e. The number of nitrogens with zero attached hydrogens (tertiary/aromatic N) is 1. The molecule has 0 bridgehead atoms. The van der Waals surface area contributed by atoms with Gasteiger partial charge in [0, 0.05) is 6.42 Å². The maximum atomic E-state index is 12.7. The molecule has 62 valence electrons. The summed E-state index contributed by atoms with van der Waals surface area (Å²) in [6.07, 6.45) is -0.287. The molecule has 2 nitrogen and oxygen atoms in total. The van der Waals surface area contributed by atoms with Crippen LogP contribution in [0, 0.1) is 11.3 Å². The molecular formula is C9H8FNO. The van der Waals surface area contributed by atoms with Gasteiger partial charge in [-0.3, -0.25) is 0 Å². The van der Waals surface area contributed by atoms with Gasteiger partial charge in [-0.25, -0.2) is 0 Å². The molecule has 3 heteroatoms. The number of halogens is 1. The van der Waals surface area contributed by atoms with Gasteiger partial charge < -0.3 is 5.11 Å². The smallest absolute Gasteiger partial charge is 0.298 e. The highest BCUT2D eigenvalue weighted by atomic mass is 19.2. The van der Waals surface area contributed by atoms with Crippen LogP contribution in [0.25, 0.3) is 0 Å². The van der Waals surface area contributed by atoms with E-state index in [4.69, 9.17) is 10.4 Å². The summed E-state index contributed by atoms with van der Waals surface area (Å²) >= 11 is 0. The van der Waals surface area contributed by atoms with Crippen LogP contribution >= 0.6 is 0 Å². The molecule has 1 unspecified atom stereocenters. The maximum absolute atomic E-state index is 12.7. The zero-order valence-electron chi connectivity index (χ0n) is 6.37. The molecule has 0 amide bonds. The van der Waals surface area contributed by atoms with E-state index >= 15 is 0 Å². The number of aliphatic hydroxyl groups is 1. The Kier molecular flexibility index (Phi) is 2.41. The Morgan fingerprint density at radius 1 is 1.42 bits per heavy atom. The third kappa shape index (κ3) is 2.33. The molecule has 0 heterocycles. The van der Waals surface area contributed by atoms with Crippen LogP contribution in [-0.4, -0.2) is 11.0 Å². The Balaban J connectivity index is 2.72. The van der Waals surface area contributed by atoms with Crippen LogP contribution in [0.5, 0.6) is 0 Å². The highest BCUT2D eigenvalue weighted by Crippen LogP contribution is 2.13. The molecule has 1 aromatic rings. The van der Waals surface area contributed by atoms with E-state index in [9.17, 15) is 4.39 Å². The van der Waals surface area contributed by atoms with Crippen LogP contribution in [0.1, 0.15) is 5.56 Å². The summed E-state index contributed by atoms with van der Waals surface area (Å²) in [4.78, 5) is 0. The lowest BCUT2D eigenvalue weighted by Gasteiger charge is -2.08. The molecule has 1 rings (SSSR count). The van der Waals surface area contributed by atoms with Gasteiger partial charge in [0.05, 0.1) is 0 Å². The van der Waals surface area contributed by atoms with Gasteiger partial charge >= 0.3 is 0 Å². The Bertz CT molecular complexity index is 289. The van der Waals surface area contributed by atoms with Gasteiger partial charge in [0.2, 0.25) is 0 Å². The third-order valence-corrected chi connectivity index (χ3v) is 1.45. The predicted octanol–water partition coefficient (Wildman–Crippen LogP) is 1.41. The van der Waals surface area contributed by atoms with Crippen molar-refractivity contribution in [2.45, 2.75) is 12.3 Å². The molecule has 0 saturated carbocycles. The Morgan fingerprint density at radius 2 is 2.00 bits per heavy atom. The third-order valence-electron chi connectivity index (χ3n) is 1.45. The van der Waals surface area contributed by atoms with Gasteiger partial charge in [-0.15, -0.1) is 0 Å². The van der Waals surface area contributed by atoms with Crippen molar-refractivity contribution in [3.8, 4) is 6.07 Å². The van der Waals surface area contributed by atoms with Crippen molar-refractivity contribution in [2.75, 3.05) is 0 Å². The standard InChI is InChI=1S/C9H8FNO/c10-9(12,7-11)6-8-4-2-1-3-5-8/h1-5,12H,6H2. The van der Waals surface area contributed by atoms with Gasteiger partial charge in [0.25, 0.3) is 5.85 Å². The van der Waals surface area contributed by atoms with Gasteiger partial charge in [-0.05, 0) is 5.56 Å². The van der Waals surface area contributed by atoms with Crippen molar-refractivity contribution in [3.05, 3.63) is 35.9 Å². The number of hydrogen-bond acceptors (Lipinski definition) is 2. The van der Waals surface area contributed by atoms with E-state index < -0.39 is 5.85 Å². The van der Waals surface area contributed by atoms with Crippen LogP contribution < -0.4 is 0 Å². The Morgan fingerprint density at radius 3 is 2.50 bits per heavy atom. The molecule has 0 aliphatic carbocycles. The number of nitriles is 1. The zero-order chi connectivity index (χ0) is 9.03. The first-order valence-corrected chi connectivity index (χ1v) is 3.50. The van der Waals surface area contributed by atoms with E-state index in [2.05, 4.69) is 0 Å². The molecule has 1 atom stereocenters. The average molecular weight is 165 g/mol. The fourth-order valence-electron chi connectivity index (χ4n) is 0.906. The van der Waals surface area contributed by atoms with Crippen molar-refractivity contribution in [2.24, 2.45) is 0 Å². The van der Waals surface area contributed by atoms with Gasteiger partial charge in [0.1, 0.15) is 6.07 Å². The first-order chi connectivity index (χ1) is 5.64. The SMILES string of the molecule is N#CC(O)(F)Cc1ccccc1. The topological polar surface area (TPSA) is 44.0 Å². The molecule has 0 spiro atoms. The Labute approximate surface area is 69.9 Å². The summed E-state index contributed by atoms with van der Waals surface area (Å²) in [5.74, 6) is -2.75. The van der Waals surface area contributed by atoms with E-state index in [1.165, 1.54) is 6.07 Å². The van der Waals surface area contributed by atoms with E-state index in [1.54, 1.807) is 30.3 Å². The van der Waals surface area contributed by atoms with Crippen molar-refractivity contribution in [1.29, 1.82) is 5.26 Å². The molecule has 1 N–H and O–H groups in total. The fraction of sp³-hybridized carbons (Fsp3) is 0.222. The molecule has 0 aliphatic rings. The van der Waals surface area contributed by atoms with E-state index in [0.717, 1.165) is 0 Å². The van der Waals surface area contributed by atoms with Crippen molar-refractivity contribution in [1.82, 2.24) is 0 Å². The minimum atomic E-state index is -2.75. The van der Waals surface area contributed by atoms with Crippen molar-refractivity contribution < 1.29 is 9.50 Å². The van der Waals surface area contributed by atoms with E-state index in [0.29, 0.717) is 5.56 Å². The number of alkyl halides is 1. The monoisotopic (exact) mass is 165 g/mol. The van der Waals surface area contributed by atoms with Gasteiger partial charge in [-0.2, -0.15) is 9.65 Å². The molecule has 12 heavy (non-hydrogen) atoms. The highest BCUT2D eigenvalue weighted by molar-refractivity contribution is 5.18. The number of hydrogen-bond donors (Lipinski definition) is 1. The van der Waals surface area contributed by atoms with Crippen LogP contribution in [0.4, 0.5) is 4.39 Å². The van der Waals surface area contributed by atoms with Crippen LogP contribution in [0.2, 0.25) is 0 Å². The lowest BCUT2D eigenvalue weighted by Crippen LogP contribution is -2.22. The van der Waals surface area contributed by atoms with E-state index in [1.807, 2.05) is 0 Å². The van der Waals surface area contributed by atoms with Crippen molar-refractivity contribution in [3.63, 3.8) is 0 Å². The van der Waals surface area contributed by atoms with Crippen LogP contribution in [0.15, 0.2) is 30.3 Å². The highest BCUT2D eigenvalue weighted by Gasteiger charge is 2.25. The summed E-state index contributed by atoms with van der Waals surface area (Å²) < 4.78 is 12.7. The summed E-state index contributed by atoms with van der Waals surface area (Å²) in [6.45, 7) is 0. The molecule has 0 aliphatic heterocycles. The van der Waals surface area contributed by atoms with Gasteiger partial charge in [0.15, 0.2) is 0 Å². The second-order valence-electron chi connectivity index (χ2n) is 2.53. The quantitative estimate of drug-likeness (QED) is 0.673. The second-order valence-corrected chi connectivity index (χ2v) is 2.53. The average Bonchev–Trinajstić information content (AvgIpc) is 2.06. The van der Waals surface area contributed by atoms with Crippen molar-refractivity contribution >= 4 is 0 Å². The lowest BCUT2D eigenvalue weighted by molar-refractivity contribution is -0.0322. The van der Waals surface area contributed by atoms with Crippen LogP contribution in [-0.2, 0) is 6.42 Å². The van der Waals surface area contributed by atoms with E-state index in [-0.39, 0.29) is 6.42 Å². The summed E-state index contributed by atoms with van der Waals surface area (Å²) in [7, 11) is 0. The maximum Gasteiger partial charge on any atom is 0.298 e. The number of benzene rings is 1. The lowest BCUT2D eigenvalue weighted by atomic mass is 10.1. The molecule has 0 fully saturated rings. The minimum absolute atomic E-state index is 0.287. The molecule has 0 radical (unpaired) electrons. The normalized spacial score (nSPS) is 14.8. The second kappa shape index (κ2) is 3.33. The molecular weight excluding hydrogens is 157 g/mol. The fourth-order valence-corrected chi connectivity index (χ4v) is 0.906. The first-order valence-electron chi connectivity index (χ1n) is 3.50. The number of rotatable bonds is 2. The minimum Gasteiger partial charge on any atom is -0.350 e. The Hall–Kier alpha value is -1.40. The zero-order valence-corrected chi connectivity index (χ0v) is 6.37. The van der Waals surface area contributed by atoms with Gasteiger partial charge in [-0.1, -0.05) is 30.3 Å². The first kappa shape index (κ1) is 8.69. The molecule has 0 aromatic heterocycles. The molecule has 1 aromatic carbocycles.